The van der Waals surface area contributed by atoms with Gasteiger partial charge in [-0.05, 0) is 31.2 Å². The lowest BCUT2D eigenvalue weighted by atomic mass is 10.0. The summed E-state index contributed by atoms with van der Waals surface area (Å²) in [4.78, 5) is 24.4. The Morgan fingerprint density at radius 2 is 1.56 bits per heavy atom. The van der Waals surface area contributed by atoms with Crippen LogP contribution in [0.1, 0.15) is 27.6 Å². The quantitative estimate of drug-likeness (QED) is 0.572. The summed E-state index contributed by atoms with van der Waals surface area (Å²) in [5.74, 6) is -1.30. The van der Waals surface area contributed by atoms with Gasteiger partial charge >= 0.3 is 11.9 Å². The Morgan fingerprint density at radius 3 is 2.11 bits per heavy atom. The van der Waals surface area contributed by atoms with Crippen LogP contribution in [0.15, 0.2) is 60.7 Å². The van der Waals surface area contributed by atoms with Gasteiger partial charge in [-0.2, -0.15) is 0 Å². The number of ether oxygens (including phenoxy) is 3. The molecule has 4 atom stereocenters. The van der Waals surface area contributed by atoms with E-state index in [2.05, 4.69) is 0 Å². The van der Waals surface area contributed by atoms with E-state index in [-0.39, 0.29) is 12.2 Å². The van der Waals surface area contributed by atoms with Gasteiger partial charge in [0, 0.05) is 0 Å². The zero-order chi connectivity index (χ0) is 19.4. The molecule has 0 unspecified atom stereocenters. The van der Waals surface area contributed by atoms with Gasteiger partial charge in [-0.1, -0.05) is 48.0 Å². The fourth-order valence-corrected chi connectivity index (χ4v) is 3.00. The lowest BCUT2D eigenvalue weighted by Crippen LogP contribution is -2.44. The monoisotopic (exact) mass is 392 g/mol. The van der Waals surface area contributed by atoms with Crippen molar-refractivity contribution in [2.24, 2.45) is 0 Å². The topological polar surface area (TPSA) is 61.8 Å². The molecule has 0 bridgehead atoms. The normalized spacial score (nSPS) is 27.1. The Bertz CT molecular complexity index is 797. The highest BCUT2D eigenvalue weighted by Crippen LogP contribution is 2.39. The van der Waals surface area contributed by atoms with E-state index in [1.54, 1.807) is 60.7 Å². The fourth-order valence-electron chi connectivity index (χ4n) is 2.74. The summed E-state index contributed by atoms with van der Waals surface area (Å²) in [6.45, 7) is 0.885. The molecule has 1 saturated heterocycles. The van der Waals surface area contributed by atoms with Crippen LogP contribution in [0, 0.1) is 0 Å². The van der Waals surface area contributed by atoms with E-state index in [4.69, 9.17) is 25.8 Å². The van der Waals surface area contributed by atoms with Crippen molar-refractivity contribution in [2.75, 3.05) is 6.61 Å². The number of benzene rings is 2. The summed E-state index contributed by atoms with van der Waals surface area (Å²) in [6, 6.07) is 16.5. The molecule has 0 N–H and O–H groups in total. The third-order valence-corrected chi connectivity index (χ3v) is 4.79. The molecule has 1 fully saturated rings. The summed E-state index contributed by atoms with van der Waals surface area (Å²) in [7, 11) is 0. The maximum atomic E-state index is 15.0. The minimum Gasteiger partial charge on any atom is -0.459 e. The van der Waals surface area contributed by atoms with E-state index in [1.165, 1.54) is 6.92 Å². The molecule has 0 amide bonds. The van der Waals surface area contributed by atoms with Gasteiger partial charge in [0.1, 0.15) is 12.7 Å². The highest BCUT2D eigenvalue weighted by Gasteiger charge is 2.56. The first-order valence-electron chi connectivity index (χ1n) is 8.36. The standard InChI is InChI=1S/C20H18ClFO5/c1-20(22)16(27-18(24)14-10-6-3-7-11-14)15(26-19(20)21)12-25-17(23)13-8-4-2-5-9-13/h2-11,15-16,19H,12H2,1H3/t15-,16-,19-,20-/m1/s1. The molecule has 2 aromatic carbocycles. The number of halogens is 2. The lowest BCUT2D eigenvalue weighted by molar-refractivity contribution is -0.0423. The molecule has 0 saturated carbocycles. The van der Waals surface area contributed by atoms with Gasteiger partial charge in [0.05, 0.1) is 11.1 Å². The van der Waals surface area contributed by atoms with Gasteiger partial charge in [0.25, 0.3) is 0 Å². The second kappa shape index (κ2) is 8.06. The van der Waals surface area contributed by atoms with Crippen LogP contribution >= 0.6 is 11.6 Å². The second-order valence-electron chi connectivity index (χ2n) is 6.30. The summed E-state index contributed by atoms with van der Waals surface area (Å²) in [5.41, 5.74) is -2.87. The SMILES string of the molecule is C[C@]1(F)[C@H](Cl)O[C@H](COC(=O)c2ccccc2)[C@H]1OC(=O)c1ccccc1. The molecular formula is C20H18ClFO5. The van der Waals surface area contributed by atoms with Crippen molar-refractivity contribution in [1.29, 1.82) is 0 Å². The molecule has 0 aliphatic carbocycles. The Hall–Kier alpha value is -2.44. The van der Waals surface area contributed by atoms with Crippen molar-refractivity contribution < 1.29 is 28.2 Å². The molecule has 7 heteroatoms. The molecule has 3 rings (SSSR count). The summed E-state index contributed by atoms with van der Waals surface area (Å²) >= 11 is 5.93. The van der Waals surface area contributed by atoms with Crippen LogP contribution in [-0.2, 0) is 14.2 Å². The van der Waals surface area contributed by atoms with E-state index >= 15 is 0 Å². The van der Waals surface area contributed by atoms with Crippen molar-refractivity contribution >= 4 is 23.5 Å². The van der Waals surface area contributed by atoms with Crippen molar-refractivity contribution in [2.45, 2.75) is 30.4 Å². The predicted molar refractivity (Wildman–Crippen MR) is 96.4 cm³/mol. The van der Waals surface area contributed by atoms with Crippen molar-refractivity contribution in [3.8, 4) is 0 Å². The number of carbonyl (C=O) groups excluding carboxylic acids is 2. The average molecular weight is 393 g/mol. The van der Waals surface area contributed by atoms with E-state index in [1.807, 2.05) is 0 Å². The summed E-state index contributed by atoms with van der Waals surface area (Å²) in [5, 5.41) is 0. The highest BCUT2D eigenvalue weighted by atomic mass is 35.5. The van der Waals surface area contributed by atoms with Gasteiger partial charge in [-0.15, -0.1) is 0 Å². The van der Waals surface area contributed by atoms with Gasteiger partial charge < -0.3 is 14.2 Å². The minimum absolute atomic E-state index is 0.270. The van der Waals surface area contributed by atoms with Crippen LogP contribution in [0.25, 0.3) is 0 Å². The molecule has 0 radical (unpaired) electrons. The molecule has 2 aromatic rings. The zero-order valence-electron chi connectivity index (χ0n) is 14.5. The molecule has 27 heavy (non-hydrogen) atoms. The molecule has 1 heterocycles. The smallest absolute Gasteiger partial charge is 0.338 e. The molecule has 1 aliphatic heterocycles. The molecule has 5 nitrogen and oxygen atoms in total. The van der Waals surface area contributed by atoms with E-state index in [0.29, 0.717) is 5.56 Å². The Labute approximate surface area is 161 Å². The molecule has 0 spiro atoms. The first-order chi connectivity index (χ1) is 12.9. The zero-order valence-corrected chi connectivity index (χ0v) is 15.3. The van der Waals surface area contributed by atoms with Crippen LogP contribution in [0.4, 0.5) is 4.39 Å². The predicted octanol–water partition coefficient (Wildman–Crippen LogP) is 3.76. The summed E-state index contributed by atoms with van der Waals surface area (Å²) in [6.07, 6.45) is -2.35. The number of rotatable bonds is 5. The van der Waals surface area contributed by atoms with Crippen LogP contribution in [-0.4, -0.2) is 42.0 Å². The maximum Gasteiger partial charge on any atom is 0.338 e. The van der Waals surface area contributed by atoms with E-state index in [9.17, 15) is 14.0 Å². The molecular weight excluding hydrogens is 375 g/mol. The van der Waals surface area contributed by atoms with E-state index in [0.717, 1.165) is 0 Å². The molecule has 142 valence electrons. The van der Waals surface area contributed by atoms with Crippen molar-refractivity contribution in [3.63, 3.8) is 0 Å². The number of hydrogen-bond donors (Lipinski definition) is 0. The first-order valence-corrected chi connectivity index (χ1v) is 8.80. The lowest BCUT2D eigenvalue weighted by Gasteiger charge is -2.25. The summed E-state index contributed by atoms with van der Waals surface area (Å²) < 4.78 is 30.8. The van der Waals surface area contributed by atoms with Crippen LogP contribution < -0.4 is 0 Å². The maximum absolute atomic E-state index is 15.0. The van der Waals surface area contributed by atoms with Gasteiger partial charge in [-0.25, -0.2) is 14.0 Å². The number of alkyl halides is 2. The van der Waals surface area contributed by atoms with Crippen molar-refractivity contribution in [3.05, 3.63) is 71.8 Å². The van der Waals surface area contributed by atoms with Crippen LogP contribution in [0.3, 0.4) is 0 Å². The number of hydrogen-bond acceptors (Lipinski definition) is 5. The first kappa shape index (κ1) is 19.3. The van der Waals surface area contributed by atoms with Crippen LogP contribution in [0.2, 0.25) is 0 Å². The van der Waals surface area contributed by atoms with Gasteiger partial charge in [0.2, 0.25) is 0 Å². The van der Waals surface area contributed by atoms with Gasteiger partial charge in [-0.3, -0.25) is 0 Å². The van der Waals surface area contributed by atoms with Crippen molar-refractivity contribution in [1.82, 2.24) is 0 Å². The second-order valence-corrected chi connectivity index (χ2v) is 6.69. The molecule has 1 aliphatic rings. The Balaban J connectivity index is 1.69. The largest absolute Gasteiger partial charge is 0.459 e. The third-order valence-electron chi connectivity index (χ3n) is 4.26. The molecule has 0 aromatic heterocycles. The Kier molecular flexibility index (Phi) is 5.77. The average Bonchev–Trinajstić information content (AvgIpc) is 2.90. The minimum atomic E-state index is -2.14. The van der Waals surface area contributed by atoms with Gasteiger partial charge in [0.15, 0.2) is 17.3 Å². The fraction of sp³-hybridized carbons (Fsp3) is 0.300. The third kappa shape index (κ3) is 4.28. The van der Waals surface area contributed by atoms with Crippen LogP contribution in [0.5, 0.6) is 0 Å². The van der Waals surface area contributed by atoms with E-state index < -0.39 is 35.4 Å². The number of esters is 2. The Morgan fingerprint density at radius 1 is 1.04 bits per heavy atom. The highest BCUT2D eigenvalue weighted by molar-refractivity contribution is 6.20. The number of carbonyl (C=O) groups is 2.